The van der Waals surface area contributed by atoms with Crippen LogP contribution in [0.25, 0.3) is 0 Å². The smallest absolute Gasteiger partial charge is 0.283 e. The highest BCUT2D eigenvalue weighted by Crippen LogP contribution is 2.34. The molecule has 184 valence electrons. The molecule has 0 saturated carbocycles. The van der Waals surface area contributed by atoms with Gasteiger partial charge in [-0.3, -0.25) is 14.4 Å². The van der Waals surface area contributed by atoms with Gasteiger partial charge in [0.2, 0.25) is 0 Å². The Bertz CT molecular complexity index is 1370. The molecule has 0 aromatic heterocycles. The Labute approximate surface area is 219 Å². The van der Waals surface area contributed by atoms with Crippen LogP contribution < -0.4 is 15.5 Å². The molecule has 36 heavy (non-hydrogen) atoms. The molecule has 0 saturated heterocycles. The van der Waals surface area contributed by atoms with E-state index in [0.29, 0.717) is 33.2 Å². The van der Waals surface area contributed by atoms with E-state index in [1.807, 2.05) is 24.3 Å². The van der Waals surface area contributed by atoms with E-state index in [4.69, 9.17) is 23.2 Å². The summed E-state index contributed by atoms with van der Waals surface area (Å²) < 4.78 is 0. The van der Waals surface area contributed by atoms with Crippen molar-refractivity contribution in [2.75, 3.05) is 15.5 Å². The van der Waals surface area contributed by atoms with E-state index in [0.717, 1.165) is 24.2 Å². The number of carbonyl (C=O) groups is 3. The number of anilines is 3. The van der Waals surface area contributed by atoms with Crippen LogP contribution >= 0.6 is 23.2 Å². The molecule has 1 heterocycles. The number of hydrogen-bond donors (Lipinski definition) is 2. The number of nitrogens with one attached hydrogen (secondary N) is 2. The van der Waals surface area contributed by atoms with Gasteiger partial charge in [0.25, 0.3) is 17.7 Å². The molecule has 0 radical (unpaired) electrons. The van der Waals surface area contributed by atoms with Crippen LogP contribution in [-0.4, -0.2) is 17.7 Å². The third-order valence-corrected chi connectivity index (χ3v) is 6.69. The Balaban J connectivity index is 1.49. The quantitative estimate of drug-likeness (QED) is 0.324. The maximum atomic E-state index is 13.1. The topological polar surface area (TPSA) is 78.5 Å². The molecular formula is C28H25Cl2N3O3. The first-order valence-corrected chi connectivity index (χ1v) is 12.4. The van der Waals surface area contributed by atoms with E-state index in [1.54, 1.807) is 49.4 Å². The first-order valence-electron chi connectivity index (χ1n) is 11.6. The molecule has 0 fully saturated rings. The SMILES string of the molecule is CCCCc1ccc(NC(=O)c2cccc(NC3=C(Cl)C(=O)N(c4cccc(Cl)c4C)C3=O)c2)cc1. The van der Waals surface area contributed by atoms with Crippen LogP contribution in [0.4, 0.5) is 17.1 Å². The number of amides is 3. The second-order valence-corrected chi connectivity index (χ2v) is 9.26. The largest absolute Gasteiger partial charge is 0.350 e. The molecule has 2 N–H and O–H groups in total. The minimum Gasteiger partial charge on any atom is -0.350 e. The van der Waals surface area contributed by atoms with E-state index >= 15 is 0 Å². The molecule has 4 rings (SSSR count). The Morgan fingerprint density at radius 3 is 2.36 bits per heavy atom. The van der Waals surface area contributed by atoms with Crippen LogP contribution in [0.2, 0.25) is 5.02 Å². The van der Waals surface area contributed by atoms with E-state index in [2.05, 4.69) is 17.6 Å². The van der Waals surface area contributed by atoms with E-state index in [-0.39, 0.29) is 16.6 Å². The third kappa shape index (κ3) is 5.30. The Kier molecular flexibility index (Phi) is 7.77. The van der Waals surface area contributed by atoms with Gasteiger partial charge in [-0.25, -0.2) is 4.90 Å². The summed E-state index contributed by atoms with van der Waals surface area (Å²) in [5.74, 6) is -1.55. The van der Waals surface area contributed by atoms with Gasteiger partial charge in [-0.05, 0) is 73.4 Å². The van der Waals surface area contributed by atoms with Crippen LogP contribution in [0.1, 0.15) is 41.3 Å². The average Bonchev–Trinajstić information content (AvgIpc) is 3.08. The molecule has 1 aliphatic rings. The standard InChI is InChI=1S/C28H25Cl2N3O3/c1-3-4-7-18-12-14-20(15-13-18)32-26(34)19-8-5-9-21(16-19)31-25-24(30)27(35)33(28(25)36)23-11-6-10-22(29)17(23)2/h5-6,8-16,31H,3-4,7H2,1-2H3,(H,32,34). The van der Waals surface area contributed by atoms with Crippen molar-refractivity contribution >= 4 is 58.0 Å². The second-order valence-electron chi connectivity index (χ2n) is 8.48. The van der Waals surface area contributed by atoms with Gasteiger partial charge < -0.3 is 10.6 Å². The number of aryl methyl sites for hydroxylation is 1. The van der Waals surface area contributed by atoms with Crippen molar-refractivity contribution in [3.8, 4) is 0 Å². The average molecular weight is 522 g/mol. The zero-order valence-electron chi connectivity index (χ0n) is 19.9. The van der Waals surface area contributed by atoms with Crippen LogP contribution in [0.5, 0.6) is 0 Å². The number of halogens is 2. The van der Waals surface area contributed by atoms with Crippen molar-refractivity contribution < 1.29 is 14.4 Å². The fourth-order valence-corrected chi connectivity index (χ4v) is 4.27. The summed E-state index contributed by atoms with van der Waals surface area (Å²) in [7, 11) is 0. The number of rotatable bonds is 8. The van der Waals surface area contributed by atoms with Gasteiger partial charge in [0.1, 0.15) is 10.7 Å². The molecule has 0 aliphatic carbocycles. The molecule has 3 aromatic carbocycles. The number of unbranched alkanes of at least 4 members (excludes halogenated alkanes) is 1. The summed E-state index contributed by atoms with van der Waals surface area (Å²) in [5, 5.41) is 5.99. The van der Waals surface area contributed by atoms with Crippen molar-refractivity contribution in [3.05, 3.63) is 99.2 Å². The summed E-state index contributed by atoms with van der Waals surface area (Å²) in [6.45, 7) is 3.87. The number of benzene rings is 3. The van der Waals surface area contributed by atoms with Gasteiger partial charge in [-0.15, -0.1) is 0 Å². The Morgan fingerprint density at radius 2 is 1.64 bits per heavy atom. The minimum absolute atomic E-state index is 0.0683. The van der Waals surface area contributed by atoms with Crippen molar-refractivity contribution in [2.45, 2.75) is 33.1 Å². The van der Waals surface area contributed by atoms with E-state index < -0.39 is 11.8 Å². The highest BCUT2D eigenvalue weighted by atomic mass is 35.5. The maximum absolute atomic E-state index is 13.1. The zero-order valence-corrected chi connectivity index (χ0v) is 21.4. The summed E-state index contributed by atoms with van der Waals surface area (Å²) >= 11 is 12.4. The van der Waals surface area contributed by atoms with Crippen molar-refractivity contribution in [2.24, 2.45) is 0 Å². The molecule has 0 atom stereocenters. The third-order valence-electron chi connectivity index (χ3n) is 5.93. The maximum Gasteiger partial charge on any atom is 0.283 e. The van der Waals surface area contributed by atoms with Crippen LogP contribution in [0.3, 0.4) is 0 Å². The molecule has 3 aromatic rings. The lowest BCUT2D eigenvalue weighted by Crippen LogP contribution is -2.32. The van der Waals surface area contributed by atoms with Gasteiger partial charge in [-0.1, -0.05) is 60.8 Å². The van der Waals surface area contributed by atoms with Gasteiger partial charge in [-0.2, -0.15) is 0 Å². The summed E-state index contributed by atoms with van der Waals surface area (Å²) in [6.07, 6.45) is 3.26. The molecule has 0 unspecified atom stereocenters. The number of carbonyl (C=O) groups excluding carboxylic acids is 3. The monoisotopic (exact) mass is 521 g/mol. The van der Waals surface area contributed by atoms with Gasteiger partial charge in [0.15, 0.2) is 0 Å². The lowest BCUT2D eigenvalue weighted by Gasteiger charge is -2.18. The van der Waals surface area contributed by atoms with Crippen molar-refractivity contribution in [1.82, 2.24) is 0 Å². The summed E-state index contributed by atoms with van der Waals surface area (Å²) in [4.78, 5) is 39.8. The predicted octanol–water partition coefficient (Wildman–Crippen LogP) is 6.68. The number of hydrogen-bond acceptors (Lipinski definition) is 4. The van der Waals surface area contributed by atoms with Crippen LogP contribution in [0.15, 0.2) is 77.5 Å². The first-order chi connectivity index (χ1) is 17.3. The fourth-order valence-electron chi connectivity index (χ4n) is 3.89. The highest BCUT2D eigenvalue weighted by Gasteiger charge is 2.39. The van der Waals surface area contributed by atoms with E-state index in [1.165, 1.54) is 5.56 Å². The second kappa shape index (κ2) is 11.0. The van der Waals surface area contributed by atoms with Gasteiger partial charge in [0, 0.05) is 22.0 Å². The van der Waals surface area contributed by atoms with Crippen LogP contribution in [-0.2, 0) is 16.0 Å². The molecule has 3 amide bonds. The predicted molar refractivity (Wildman–Crippen MR) is 145 cm³/mol. The van der Waals surface area contributed by atoms with Crippen LogP contribution in [0, 0.1) is 6.92 Å². The molecule has 0 bridgehead atoms. The summed E-state index contributed by atoms with van der Waals surface area (Å²) in [5.41, 5.74) is 3.62. The Hall–Kier alpha value is -3.61. The van der Waals surface area contributed by atoms with Crippen molar-refractivity contribution in [3.63, 3.8) is 0 Å². The lowest BCUT2D eigenvalue weighted by atomic mass is 10.1. The minimum atomic E-state index is -0.647. The number of nitrogens with zero attached hydrogens (tertiary/aromatic N) is 1. The normalized spacial score (nSPS) is 13.4. The molecule has 6 nitrogen and oxygen atoms in total. The van der Waals surface area contributed by atoms with Gasteiger partial charge in [0.05, 0.1) is 5.69 Å². The molecule has 1 aliphatic heterocycles. The molecule has 8 heteroatoms. The molecule has 0 spiro atoms. The van der Waals surface area contributed by atoms with E-state index in [9.17, 15) is 14.4 Å². The number of imide groups is 1. The summed E-state index contributed by atoms with van der Waals surface area (Å²) in [6, 6.07) is 19.4. The Morgan fingerprint density at radius 1 is 0.917 bits per heavy atom. The van der Waals surface area contributed by atoms with Gasteiger partial charge >= 0.3 is 0 Å². The lowest BCUT2D eigenvalue weighted by molar-refractivity contribution is -0.120. The van der Waals surface area contributed by atoms with Crippen molar-refractivity contribution in [1.29, 1.82) is 0 Å². The molecular weight excluding hydrogens is 497 g/mol. The fraction of sp³-hybridized carbons (Fsp3) is 0.179. The zero-order chi connectivity index (χ0) is 25.8. The first kappa shape index (κ1) is 25.5. The highest BCUT2D eigenvalue weighted by molar-refractivity contribution is 6.53.